The van der Waals surface area contributed by atoms with Crippen LogP contribution < -0.4 is 22.0 Å². The van der Waals surface area contributed by atoms with Gasteiger partial charge in [0.1, 0.15) is 17.1 Å². The zero-order valence-electron chi connectivity index (χ0n) is 11.8. The van der Waals surface area contributed by atoms with E-state index >= 15 is 0 Å². The molecule has 3 rings (SSSR count). The number of hydrogen-bond donors (Lipinski definition) is 1. The van der Waals surface area contributed by atoms with Crippen molar-refractivity contribution in [3.63, 3.8) is 0 Å². The van der Waals surface area contributed by atoms with E-state index in [0.717, 1.165) is 18.7 Å². The fraction of sp³-hybridized carbons (Fsp3) is 0.467. The molecular weight excluding hydrogens is 260 g/mol. The fourth-order valence-electron chi connectivity index (χ4n) is 3.12. The summed E-state index contributed by atoms with van der Waals surface area (Å²) in [6, 6.07) is 6.48. The SMILES string of the molecule is COc1ccc2c(c1)C1=C(CCN(C)CC1)[NH+]2C.[Cl-]. The minimum absolute atomic E-state index is 0. The summed E-state index contributed by atoms with van der Waals surface area (Å²) in [4.78, 5) is 3.89. The molecule has 0 spiro atoms. The highest BCUT2D eigenvalue weighted by Crippen LogP contribution is 2.36. The van der Waals surface area contributed by atoms with Gasteiger partial charge in [0.15, 0.2) is 0 Å². The summed E-state index contributed by atoms with van der Waals surface area (Å²) in [5.74, 6) is 0.966. The van der Waals surface area contributed by atoms with Gasteiger partial charge in [0, 0.05) is 36.7 Å². The van der Waals surface area contributed by atoms with Crippen LogP contribution in [0.5, 0.6) is 5.75 Å². The number of quaternary nitrogens is 1. The molecule has 19 heavy (non-hydrogen) atoms. The van der Waals surface area contributed by atoms with Gasteiger partial charge in [-0.2, -0.15) is 0 Å². The third-order valence-electron chi connectivity index (χ3n) is 4.26. The molecule has 0 amide bonds. The molecule has 0 saturated carbocycles. The highest BCUT2D eigenvalue weighted by atomic mass is 35.5. The summed E-state index contributed by atoms with van der Waals surface area (Å²) in [5.41, 5.74) is 5.93. The van der Waals surface area contributed by atoms with Gasteiger partial charge in [-0.3, -0.25) is 4.90 Å². The lowest BCUT2D eigenvalue weighted by atomic mass is 10.0. The molecule has 1 aromatic rings. The Hall–Kier alpha value is -1.03. The van der Waals surface area contributed by atoms with Gasteiger partial charge in [0.05, 0.1) is 14.2 Å². The number of fused-ring (bicyclic) bond motifs is 2. The lowest BCUT2D eigenvalue weighted by Gasteiger charge is -2.15. The number of nitrogens with zero attached hydrogens (tertiary/aromatic N) is 1. The van der Waals surface area contributed by atoms with Crippen molar-refractivity contribution in [3.05, 3.63) is 29.5 Å². The Balaban J connectivity index is 0.00000133. The number of halogens is 1. The highest BCUT2D eigenvalue weighted by molar-refractivity contribution is 5.78. The van der Waals surface area contributed by atoms with E-state index in [-0.39, 0.29) is 12.4 Å². The van der Waals surface area contributed by atoms with Crippen LogP contribution in [-0.2, 0) is 0 Å². The van der Waals surface area contributed by atoms with Gasteiger partial charge in [0.25, 0.3) is 0 Å². The molecule has 2 aliphatic heterocycles. The summed E-state index contributed by atoms with van der Waals surface area (Å²) in [5, 5.41) is 0. The number of hydrogen-bond acceptors (Lipinski definition) is 2. The molecule has 1 atom stereocenters. The van der Waals surface area contributed by atoms with Crippen LogP contribution in [0.2, 0.25) is 0 Å². The van der Waals surface area contributed by atoms with Crippen LogP contribution in [0.3, 0.4) is 0 Å². The summed E-state index contributed by atoms with van der Waals surface area (Å²) >= 11 is 0. The first-order chi connectivity index (χ1) is 8.70. The number of nitrogens with one attached hydrogen (secondary N) is 1. The molecule has 2 heterocycles. The maximum atomic E-state index is 5.36. The van der Waals surface area contributed by atoms with Crippen molar-refractivity contribution in [1.82, 2.24) is 4.90 Å². The smallest absolute Gasteiger partial charge is 0.143 e. The van der Waals surface area contributed by atoms with Crippen LogP contribution >= 0.6 is 0 Å². The Morgan fingerprint density at radius 1 is 1.21 bits per heavy atom. The monoisotopic (exact) mass is 280 g/mol. The molecule has 0 radical (unpaired) electrons. The van der Waals surface area contributed by atoms with E-state index in [2.05, 4.69) is 37.2 Å². The summed E-state index contributed by atoms with van der Waals surface area (Å²) in [6.07, 6.45) is 2.33. The van der Waals surface area contributed by atoms with Crippen LogP contribution in [0.15, 0.2) is 23.9 Å². The minimum Gasteiger partial charge on any atom is -1.00 e. The summed E-state index contributed by atoms with van der Waals surface area (Å²) < 4.78 is 5.36. The van der Waals surface area contributed by atoms with Crippen LogP contribution in [0, 0.1) is 0 Å². The third kappa shape index (κ3) is 2.38. The van der Waals surface area contributed by atoms with Gasteiger partial charge >= 0.3 is 0 Å². The number of rotatable bonds is 1. The molecule has 0 fully saturated rings. The molecule has 1 N–H and O–H groups in total. The molecule has 0 saturated heterocycles. The van der Waals surface area contributed by atoms with Crippen molar-refractivity contribution >= 4 is 11.3 Å². The Kier molecular flexibility index (Phi) is 4.19. The van der Waals surface area contributed by atoms with Crippen molar-refractivity contribution in [2.45, 2.75) is 12.8 Å². The molecule has 1 unspecified atom stereocenters. The Morgan fingerprint density at radius 2 is 1.95 bits per heavy atom. The Morgan fingerprint density at radius 3 is 2.68 bits per heavy atom. The second-order valence-corrected chi connectivity index (χ2v) is 5.30. The van der Waals surface area contributed by atoms with Gasteiger partial charge in [-0.1, -0.05) is 0 Å². The summed E-state index contributed by atoms with van der Waals surface area (Å²) in [7, 11) is 6.21. The van der Waals surface area contributed by atoms with E-state index in [4.69, 9.17) is 4.74 Å². The van der Waals surface area contributed by atoms with Crippen molar-refractivity contribution in [2.24, 2.45) is 0 Å². The number of methoxy groups -OCH3 is 1. The predicted octanol–water partition coefficient (Wildman–Crippen LogP) is -1.70. The van der Waals surface area contributed by atoms with Gasteiger partial charge in [-0.05, 0) is 25.6 Å². The third-order valence-corrected chi connectivity index (χ3v) is 4.26. The fourth-order valence-corrected chi connectivity index (χ4v) is 3.12. The maximum Gasteiger partial charge on any atom is 0.143 e. The largest absolute Gasteiger partial charge is 1.00 e. The topological polar surface area (TPSA) is 16.9 Å². The van der Waals surface area contributed by atoms with Crippen LogP contribution in [-0.4, -0.2) is 39.2 Å². The van der Waals surface area contributed by atoms with E-state index in [1.807, 2.05) is 0 Å². The average molecular weight is 281 g/mol. The molecule has 4 heteroatoms. The molecular formula is C15H21ClN2O. The van der Waals surface area contributed by atoms with E-state index in [1.165, 1.54) is 29.1 Å². The lowest BCUT2D eigenvalue weighted by molar-refractivity contribution is -0.764. The average Bonchev–Trinajstić information content (AvgIpc) is 2.53. The lowest BCUT2D eigenvalue weighted by Crippen LogP contribution is -3.01. The van der Waals surface area contributed by atoms with Gasteiger partial charge in [-0.25, -0.2) is 0 Å². The van der Waals surface area contributed by atoms with Gasteiger partial charge in [-0.15, -0.1) is 0 Å². The molecule has 1 aromatic carbocycles. The highest BCUT2D eigenvalue weighted by Gasteiger charge is 2.33. The van der Waals surface area contributed by atoms with E-state index in [0.29, 0.717) is 0 Å². The molecule has 3 nitrogen and oxygen atoms in total. The molecule has 0 aliphatic carbocycles. The maximum absolute atomic E-state index is 5.36. The molecule has 0 bridgehead atoms. The Bertz CT molecular complexity index is 513. The molecule has 0 aromatic heterocycles. The summed E-state index contributed by atoms with van der Waals surface area (Å²) in [6.45, 7) is 2.32. The first kappa shape index (κ1) is 14.4. The molecule has 2 aliphatic rings. The first-order valence-electron chi connectivity index (χ1n) is 6.64. The van der Waals surface area contributed by atoms with E-state index in [1.54, 1.807) is 18.4 Å². The normalized spacial score (nSPS) is 22.4. The number of ether oxygens (including phenoxy) is 1. The van der Waals surface area contributed by atoms with Crippen molar-refractivity contribution in [1.29, 1.82) is 0 Å². The van der Waals surface area contributed by atoms with Crippen LogP contribution in [0.4, 0.5) is 5.69 Å². The minimum atomic E-state index is 0. The quantitative estimate of drug-likeness (QED) is 0.660. The number of benzene rings is 1. The van der Waals surface area contributed by atoms with Crippen LogP contribution in [0.1, 0.15) is 18.4 Å². The van der Waals surface area contributed by atoms with E-state index < -0.39 is 0 Å². The predicted molar refractivity (Wildman–Crippen MR) is 73.2 cm³/mol. The zero-order chi connectivity index (χ0) is 12.7. The standard InChI is InChI=1S/C15H20N2O.ClH/c1-16-8-6-12-13-10-11(18-3)4-5-14(13)17(2)15(12)7-9-16;/h4-5,10H,6-9H2,1-3H3;1H. The van der Waals surface area contributed by atoms with Crippen molar-refractivity contribution in [3.8, 4) is 5.75 Å². The van der Waals surface area contributed by atoms with E-state index in [9.17, 15) is 0 Å². The molecule has 104 valence electrons. The van der Waals surface area contributed by atoms with Crippen molar-refractivity contribution in [2.75, 3.05) is 34.3 Å². The van der Waals surface area contributed by atoms with Gasteiger partial charge in [0.2, 0.25) is 0 Å². The second-order valence-electron chi connectivity index (χ2n) is 5.30. The first-order valence-corrected chi connectivity index (χ1v) is 6.64. The van der Waals surface area contributed by atoms with Crippen molar-refractivity contribution < 1.29 is 22.0 Å². The Labute approximate surface area is 121 Å². The second kappa shape index (κ2) is 5.53. The van der Waals surface area contributed by atoms with Crippen LogP contribution in [0.25, 0.3) is 5.57 Å². The zero-order valence-corrected chi connectivity index (χ0v) is 12.5. The van der Waals surface area contributed by atoms with Gasteiger partial charge < -0.3 is 22.0 Å².